The lowest BCUT2D eigenvalue weighted by molar-refractivity contribution is -0.134. The molecule has 182 valence electrons. The zero-order chi connectivity index (χ0) is 24.1. The van der Waals surface area contributed by atoms with E-state index in [0.717, 1.165) is 30.2 Å². The normalized spacial score (nSPS) is 18.0. The van der Waals surface area contributed by atoms with Crippen molar-refractivity contribution in [2.75, 3.05) is 43.1 Å². The molecule has 1 aromatic carbocycles. The number of carbonyl (C=O) groups is 3. The van der Waals surface area contributed by atoms with Crippen molar-refractivity contribution in [3.63, 3.8) is 0 Å². The van der Waals surface area contributed by atoms with Gasteiger partial charge in [-0.05, 0) is 37.0 Å². The van der Waals surface area contributed by atoms with Crippen LogP contribution in [0.15, 0.2) is 18.2 Å². The van der Waals surface area contributed by atoms with Gasteiger partial charge in [0.25, 0.3) is 24.7 Å². The number of benzene rings is 1. The van der Waals surface area contributed by atoms with Gasteiger partial charge in [0.2, 0.25) is 5.91 Å². The minimum absolute atomic E-state index is 0.0559. The van der Waals surface area contributed by atoms with Crippen molar-refractivity contribution in [1.82, 2.24) is 4.90 Å². The van der Waals surface area contributed by atoms with Crippen LogP contribution in [-0.4, -0.2) is 67.9 Å². The third-order valence-corrected chi connectivity index (χ3v) is 5.80. The molecule has 8 nitrogen and oxygen atoms in total. The van der Waals surface area contributed by atoms with E-state index in [1.807, 2.05) is 0 Å². The summed E-state index contributed by atoms with van der Waals surface area (Å²) in [5.41, 5.74) is 4.67. The summed E-state index contributed by atoms with van der Waals surface area (Å²) in [5.74, 6) is -2.56. The number of carbonyl (C=O) groups excluding carboxylic acids is 3. The maximum Gasteiger partial charge on any atom is 0.265 e. The van der Waals surface area contributed by atoms with E-state index in [0.29, 0.717) is 0 Å². The summed E-state index contributed by atoms with van der Waals surface area (Å²) in [6.07, 6.45) is -3.35. The first-order chi connectivity index (χ1) is 15.7. The number of nitrogens with two attached hydrogens (primary N) is 1. The fourth-order valence-corrected chi connectivity index (χ4v) is 3.95. The van der Waals surface area contributed by atoms with Crippen LogP contribution in [0, 0.1) is 5.92 Å². The molecule has 2 fully saturated rings. The number of ether oxygens (including phenoxy) is 1. The quantitative estimate of drug-likeness (QED) is 0.400. The Morgan fingerprint density at radius 3 is 2.52 bits per heavy atom. The van der Waals surface area contributed by atoms with Crippen LogP contribution >= 0.6 is 0 Å². The smallest absolute Gasteiger partial charge is 0.265 e. The summed E-state index contributed by atoms with van der Waals surface area (Å²) in [7, 11) is 0. The SMILES string of the molecule is NC(=O)[C@@H](C(=O)Nc1ccc(N2CCOCC2=O)cc1C(F)F)N(CC(F)F)CC1CCC1. The molecule has 0 unspecified atom stereocenters. The maximum absolute atomic E-state index is 13.8. The van der Waals surface area contributed by atoms with Crippen molar-refractivity contribution in [2.24, 2.45) is 11.7 Å². The predicted octanol–water partition coefficient (Wildman–Crippen LogP) is 2.15. The molecule has 0 radical (unpaired) electrons. The van der Waals surface area contributed by atoms with Gasteiger partial charge in [0, 0.05) is 30.0 Å². The number of nitrogens with one attached hydrogen (secondary N) is 1. The lowest BCUT2D eigenvalue weighted by Gasteiger charge is -2.35. The number of morpholine rings is 1. The van der Waals surface area contributed by atoms with Gasteiger partial charge in [0.15, 0.2) is 6.04 Å². The fourth-order valence-electron chi connectivity index (χ4n) is 3.95. The van der Waals surface area contributed by atoms with Crippen molar-refractivity contribution >= 4 is 29.1 Å². The van der Waals surface area contributed by atoms with E-state index >= 15 is 0 Å². The Balaban J connectivity index is 1.83. The average molecular weight is 474 g/mol. The lowest BCUT2D eigenvalue weighted by atomic mass is 9.84. The number of nitrogens with zero attached hydrogens (tertiary/aromatic N) is 2. The lowest BCUT2D eigenvalue weighted by Crippen LogP contribution is -2.55. The van der Waals surface area contributed by atoms with E-state index in [1.54, 1.807) is 0 Å². The molecule has 0 aromatic heterocycles. The zero-order valence-electron chi connectivity index (χ0n) is 17.8. The van der Waals surface area contributed by atoms with Gasteiger partial charge in [-0.15, -0.1) is 0 Å². The number of primary amides is 1. The number of hydrogen-bond donors (Lipinski definition) is 2. The molecule has 1 saturated carbocycles. The van der Waals surface area contributed by atoms with Crippen LogP contribution in [0.2, 0.25) is 0 Å². The second kappa shape index (κ2) is 10.9. The first kappa shape index (κ1) is 24.9. The van der Waals surface area contributed by atoms with Gasteiger partial charge in [-0.1, -0.05) is 6.42 Å². The number of hydrogen-bond acceptors (Lipinski definition) is 5. The molecule has 1 heterocycles. The van der Waals surface area contributed by atoms with E-state index in [1.165, 1.54) is 17.0 Å². The van der Waals surface area contributed by atoms with Gasteiger partial charge in [-0.25, -0.2) is 17.6 Å². The molecular formula is C21H26F4N4O4. The van der Waals surface area contributed by atoms with E-state index < -0.39 is 48.7 Å². The molecule has 12 heteroatoms. The standard InChI is InChI=1S/C21H26F4N4O4/c22-16(23)10-28(9-12-2-1-3-12)18(20(26)31)21(32)27-15-5-4-13(8-14(15)19(24)25)29-6-7-33-11-17(29)30/h4-5,8,12,16,18-19H,1-3,6-7,9-11H2,(H2,26,31)(H,27,32)/t18-/m0/s1. The van der Waals surface area contributed by atoms with Crippen LogP contribution < -0.4 is 16.0 Å². The van der Waals surface area contributed by atoms with Gasteiger partial charge >= 0.3 is 0 Å². The van der Waals surface area contributed by atoms with E-state index in [2.05, 4.69) is 5.32 Å². The summed E-state index contributed by atoms with van der Waals surface area (Å²) in [4.78, 5) is 39.2. The molecule has 3 rings (SSSR count). The van der Waals surface area contributed by atoms with Gasteiger partial charge in [-0.3, -0.25) is 19.3 Å². The van der Waals surface area contributed by atoms with E-state index in [4.69, 9.17) is 10.5 Å². The summed E-state index contributed by atoms with van der Waals surface area (Å²) in [5, 5.41) is 2.24. The second-order valence-corrected chi connectivity index (χ2v) is 8.11. The van der Waals surface area contributed by atoms with Crippen LogP contribution in [-0.2, 0) is 19.1 Å². The van der Waals surface area contributed by atoms with Crippen LogP contribution in [0.1, 0.15) is 31.3 Å². The highest BCUT2D eigenvalue weighted by molar-refractivity contribution is 6.10. The van der Waals surface area contributed by atoms with E-state index in [9.17, 15) is 31.9 Å². The molecule has 2 aliphatic rings. The van der Waals surface area contributed by atoms with Crippen molar-refractivity contribution in [3.8, 4) is 0 Å². The van der Waals surface area contributed by atoms with Gasteiger partial charge in [0.05, 0.1) is 13.2 Å². The highest BCUT2D eigenvalue weighted by Crippen LogP contribution is 2.32. The minimum Gasteiger partial charge on any atom is -0.370 e. The Hall–Kier alpha value is -2.73. The Kier molecular flexibility index (Phi) is 8.25. The molecule has 1 aliphatic carbocycles. The summed E-state index contributed by atoms with van der Waals surface area (Å²) in [6.45, 7) is -0.525. The summed E-state index contributed by atoms with van der Waals surface area (Å²) < 4.78 is 58.8. The molecule has 33 heavy (non-hydrogen) atoms. The highest BCUT2D eigenvalue weighted by Gasteiger charge is 2.36. The monoisotopic (exact) mass is 474 g/mol. The molecule has 1 atom stereocenters. The van der Waals surface area contributed by atoms with Gasteiger partial charge < -0.3 is 20.7 Å². The molecule has 0 bridgehead atoms. The third kappa shape index (κ3) is 6.20. The van der Waals surface area contributed by atoms with Crippen LogP contribution in [0.4, 0.5) is 28.9 Å². The van der Waals surface area contributed by atoms with Gasteiger partial charge in [0.1, 0.15) is 6.61 Å². The Morgan fingerprint density at radius 1 is 1.24 bits per heavy atom. The Labute approximate surface area is 188 Å². The first-order valence-electron chi connectivity index (χ1n) is 10.6. The largest absolute Gasteiger partial charge is 0.370 e. The summed E-state index contributed by atoms with van der Waals surface area (Å²) in [6, 6.07) is 1.87. The Bertz CT molecular complexity index is 882. The number of anilines is 2. The number of alkyl halides is 4. The highest BCUT2D eigenvalue weighted by atomic mass is 19.3. The first-order valence-corrected chi connectivity index (χ1v) is 10.6. The zero-order valence-corrected chi connectivity index (χ0v) is 17.8. The maximum atomic E-state index is 13.8. The topological polar surface area (TPSA) is 105 Å². The number of halogens is 4. The van der Waals surface area contributed by atoms with Crippen molar-refractivity contribution < 1.29 is 36.7 Å². The number of rotatable bonds is 10. The predicted molar refractivity (Wildman–Crippen MR) is 111 cm³/mol. The van der Waals surface area contributed by atoms with Crippen molar-refractivity contribution in [1.29, 1.82) is 0 Å². The average Bonchev–Trinajstić information content (AvgIpc) is 2.70. The third-order valence-electron chi connectivity index (χ3n) is 5.80. The molecular weight excluding hydrogens is 448 g/mol. The number of amides is 3. The molecule has 1 saturated heterocycles. The molecule has 3 N–H and O–H groups in total. The second-order valence-electron chi connectivity index (χ2n) is 8.11. The van der Waals surface area contributed by atoms with Crippen molar-refractivity contribution in [3.05, 3.63) is 23.8 Å². The fraction of sp³-hybridized carbons (Fsp3) is 0.571. The van der Waals surface area contributed by atoms with Crippen LogP contribution in [0.5, 0.6) is 0 Å². The minimum atomic E-state index is -3.02. The van der Waals surface area contributed by atoms with Crippen LogP contribution in [0.25, 0.3) is 0 Å². The Morgan fingerprint density at radius 2 is 1.97 bits per heavy atom. The van der Waals surface area contributed by atoms with Gasteiger partial charge in [-0.2, -0.15) is 0 Å². The molecule has 1 aliphatic heterocycles. The summed E-state index contributed by atoms with van der Waals surface area (Å²) >= 11 is 0. The van der Waals surface area contributed by atoms with Crippen LogP contribution in [0.3, 0.4) is 0 Å². The van der Waals surface area contributed by atoms with Crippen molar-refractivity contribution in [2.45, 2.75) is 38.2 Å². The molecule has 0 spiro atoms. The molecule has 3 amide bonds. The molecule has 1 aromatic rings. The van der Waals surface area contributed by atoms with E-state index in [-0.39, 0.29) is 43.6 Å².